The Kier molecular flexibility index (Phi) is 4.82. The van der Waals surface area contributed by atoms with Crippen molar-refractivity contribution in [2.45, 2.75) is 6.42 Å². The van der Waals surface area contributed by atoms with E-state index >= 15 is 0 Å². The van der Waals surface area contributed by atoms with Crippen LogP contribution in [0.3, 0.4) is 0 Å². The zero-order valence-electron chi connectivity index (χ0n) is 11.8. The minimum atomic E-state index is -2.30. The topological polar surface area (TPSA) is 72.2 Å². The molecule has 126 valence electrons. The van der Waals surface area contributed by atoms with Crippen LogP contribution in [0, 0.1) is 29.1 Å². The van der Waals surface area contributed by atoms with E-state index < -0.39 is 52.9 Å². The number of halogens is 5. The molecule has 0 saturated carbocycles. The molecule has 0 aliphatic carbocycles. The number of nitrogens with two attached hydrogens (primary N) is 1. The van der Waals surface area contributed by atoms with E-state index in [1.54, 1.807) is 0 Å². The molecule has 2 aromatic carbocycles. The molecule has 0 bridgehead atoms. The van der Waals surface area contributed by atoms with Gasteiger partial charge in [0.1, 0.15) is 0 Å². The standard InChI is InChI=1S/C15H9F5N2O2/c16-10-8(11(17)13(19)14(20)12(10)18)5-9(23)22-7-3-1-6(2-4-7)15(21)24/h1-4H,5H2,(H2,21,24)(H,22,23). The molecule has 0 heterocycles. The van der Waals surface area contributed by atoms with Gasteiger partial charge >= 0.3 is 0 Å². The molecule has 0 aliphatic rings. The third kappa shape index (κ3) is 3.34. The Morgan fingerprint density at radius 2 is 1.29 bits per heavy atom. The summed E-state index contributed by atoms with van der Waals surface area (Å²) in [5, 5.41) is 2.20. The quantitative estimate of drug-likeness (QED) is 0.508. The number of benzene rings is 2. The molecule has 0 aliphatic heterocycles. The van der Waals surface area contributed by atoms with Crippen molar-refractivity contribution < 1.29 is 31.5 Å². The predicted molar refractivity (Wildman–Crippen MR) is 73.5 cm³/mol. The summed E-state index contributed by atoms with van der Waals surface area (Å²) in [7, 11) is 0. The molecule has 9 heteroatoms. The fraction of sp³-hybridized carbons (Fsp3) is 0.0667. The summed E-state index contributed by atoms with van der Waals surface area (Å²) in [4.78, 5) is 22.6. The van der Waals surface area contributed by atoms with Gasteiger partial charge in [-0.05, 0) is 24.3 Å². The van der Waals surface area contributed by atoms with Crippen molar-refractivity contribution in [2.24, 2.45) is 5.73 Å². The van der Waals surface area contributed by atoms with E-state index in [-0.39, 0.29) is 11.3 Å². The fourth-order valence-corrected chi connectivity index (χ4v) is 1.89. The van der Waals surface area contributed by atoms with Gasteiger partial charge in [0.25, 0.3) is 0 Å². The molecule has 2 aromatic rings. The van der Waals surface area contributed by atoms with E-state index in [9.17, 15) is 31.5 Å². The summed E-state index contributed by atoms with van der Waals surface area (Å²) < 4.78 is 66.0. The summed E-state index contributed by atoms with van der Waals surface area (Å²) in [5.41, 5.74) is 4.10. The van der Waals surface area contributed by atoms with Crippen LogP contribution in [0.2, 0.25) is 0 Å². The van der Waals surface area contributed by atoms with Crippen molar-refractivity contribution in [3.8, 4) is 0 Å². The maximum Gasteiger partial charge on any atom is 0.248 e. The molecule has 0 saturated heterocycles. The maximum absolute atomic E-state index is 13.5. The molecule has 0 unspecified atom stereocenters. The normalized spacial score (nSPS) is 10.5. The van der Waals surface area contributed by atoms with Crippen LogP contribution in [0.1, 0.15) is 15.9 Å². The Labute approximate surface area is 132 Å². The number of anilines is 1. The lowest BCUT2D eigenvalue weighted by atomic mass is 10.1. The Bertz CT molecular complexity index is 793. The molecule has 2 rings (SSSR count). The first-order chi connectivity index (χ1) is 11.2. The van der Waals surface area contributed by atoms with Gasteiger partial charge < -0.3 is 11.1 Å². The van der Waals surface area contributed by atoms with Crippen LogP contribution < -0.4 is 11.1 Å². The second-order valence-electron chi connectivity index (χ2n) is 4.72. The summed E-state index contributed by atoms with van der Waals surface area (Å²) >= 11 is 0. The lowest BCUT2D eigenvalue weighted by Crippen LogP contribution is -2.18. The zero-order valence-corrected chi connectivity index (χ0v) is 11.8. The second-order valence-corrected chi connectivity index (χ2v) is 4.72. The van der Waals surface area contributed by atoms with E-state index in [1.165, 1.54) is 24.3 Å². The molecular formula is C15H9F5N2O2. The molecule has 2 amide bonds. The Morgan fingerprint density at radius 1 is 0.833 bits per heavy atom. The first-order valence-corrected chi connectivity index (χ1v) is 6.42. The number of carbonyl (C=O) groups is 2. The Hall–Kier alpha value is -2.97. The number of rotatable bonds is 4. The molecule has 0 aromatic heterocycles. The van der Waals surface area contributed by atoms with Gasteiger partial charge in [-0.15, -0.1) is 0 Å². The van der Waals surface area contributed by atoms with Gasteiger partial charge in [-0.3, -0.25) is 9.59 Å². The van der Waals surface area contributed by atoms with Gasteiger partial charge in [0, 0.05) is 16.8 Å². The van der Waals surface area contributed by atoms with E-state index in [1.807, 2.05) is 0 Å². The smallest absolute Gasteiger partial charge is 0.248 e. The molecular weight excluding hydrogens is 335 g/mol. The van der Waals surface area contributed by atoms with Crippen LogP contribution in [-0.2, 0) is 11.2 Å². The molecule has 0 radical (unpaired) electrons. The number of primary amides is 1. The third-order valence-corrected chi connectivity index (χ3v) is 3.09. The summed E-state index contributed by atoms with van der Waals surface area (Å²) in [6.07, 6.45) is -1.07. The summed E-state index contributed by atoms with van der Waals surface area (Å²) in [6.45, 7) is 0. The maximum atomic E-state index is 13.5. The number of hydrogen-bond acceptors (Lipinski definition) is 2. The van der Waals surface area contributed by atoms with Gasteiger partial charge in [0.15, 0.2) is 23.3 Å². The molecule has 4 nitrogen and oxygen atoms in total. The Balaban J connectivity index is 2.20. The second kappa shape index (κ2) is 6.65. The summed E-state index contributed by atoms with van der Waals surface area (Å²) in [5.74, 6) is -12.4. The van der Waals surface area contributed by atoms with Gasteiger partial charge in [0.2, 0.25) is 17.6 Å². The largest absolute Gasteiger partial charge is 0.366 e. The van der Waals surface area contributed by atoms with Crippen molar-refractivity contribution in [3.05, 3.63) is 64.5 Å². The third-order valence-electron chi connectivity index (χ3n) is 3.09. The van der Waals surface area contributed by atoms with Crippen LogP contribution >= 0.6 is 0 Å². The van der Waals surface area contributed by atoms with Crippen molar-refractivity contribution in [3.63, 3.8) is 0 Å². The highest BCUT2D eigenvalue weighted by atomic mass is 19.2. The van der Waals surface area contributed by atoms with E-state index in [0.29, 0.717) is 0 Å². The van der Waals surface area contributed by atoms with Gasteiger partial charge in [-0.1, -0.05) is 0 Å². The molecule has 3 N–H and O–H groups in total. The average Bonchev–Trinajstić information content (AvgIpc) is 2.55. The van der Waals surface area contributed by atoms with Crippen molar-refractivity contribution >= 4 is 17.5 Å². The lowest BCUT2D eigenvalue weighted by Gasteiger charge is -2.09. The van der Waals surface area contributed by atoms with E-state index in [4.69, 9.17) is 5.73 Å². The van der Waals surface area contributed by atoms with E-state index in [2.05, 4.69) is 5.32 Å². The van der Waals surface area contributed by atoms with E-state index in [0.717, 1.165) is 0 Å². The number of nitrogens with one attached hydrogen (secondary N) is 1. The Morgan fingerprint density at radius 3 is 1.75 bits per heavy atom. The monoisotopic (exact) mass is 344 g/mol. The number of carbonyl (C=O) groups excluding carboxylic acids is 2. The zero-order chi connectivity index (χ0) is 18.0. The lowest BCUT2D eigenvalue weighted by molar-refractivity contribution is -0.115. The van der Waals surface area contributed by atoms with Crippen LogP contribution in [0.5, 0.6) is 0 Å². The highest BCUT2D eigenvalue weighted by Gasteiger charge is 2.26. The highest BCUT2D eigenvalue weighted by Crippen LogP contribution is 2.23. The van der Waals surface area contributed by atoms with Crippen molar-refractivity contribution in [1.29, 1.82) is 0 Å². The van der Waals surface area contributed by atoms with Gasteiger partial charge in [-0.25, -0.2) is 22.0 Å². The minimum Gasteiger partial charge on any atom is -0.366 e. The van der Waals surface area contributed by atoms with Crippen molar-refractivity contribution in [1.82, 2.24) is 0 Å². The molecule has 0 fully saturated rings. The summed E-state index contributed by atoms with van der Waals surface area (Å²) in [6, 6.07) is 5.15. The minimum absolute atomic E-state index is 0.147. The van der Waals surface area contributed by atoms with Crippen LogP contribution in [0.25, 0.3) is 0 Å². The average molecular weight is 344 g/mol. The van der Waals surface area contributed by atoms with Crippen LogP contribution in [0.4, 0.5) is 27.6 Å². The van der Waals surface area contributed by atoms with Crippen molar-refractivity contribution in [2.75, 3.05) is 5.32 Å². The predicted octanol–water partition coefficient (Wildman–Crippen LogP) is 2.66. The first-order valence-electron chi connectivity index (χ1n) is 6.42. The SMILES string of the molecule is NC(=O)c1ccc(NC(=O)Cc2c(F)c(F)c(F)c(F)c2F)cc1. The van der Waals surface area contributed by atoms with Crippen LogP contribution in [0.15, 0.2) is 24.3 Å². The van der Waals surface area contributed by atoms with Gasteiger partial charge in [0.05, 0.1) is 6.42 Å². The number of amides is 2. The molecule has 24 heavy (non-hydrogen) atoms. The highest BCUT2D eigenvalue weighted by molar-refractivity contribution is 5.95. The first kappa shape index (κ1) is 17.4. The van der Waals surface area contributed by atoms with Gasteiger partial charge in [-0.2, -0.15) is 0 Å². The fourth-order valence-electron chi connectivity index (χ4n) is 1.89. The number of hydrogen-bond donors (Lipinski definition) is 2. The van der Waals surface area contributed by atoms with Crippen LogP contribution in [-0.4, -0.2) is 11.8 Å². The molecule has 0 spiro atoms. The molecule has 0 atom stereocenters.